The molecular weight excluding hydrogens is 260 g/mol. The second-order valence-electron chi connectivity index (χ2n) is 3.27. The molecule has 0 saturated heterocycles. The summed E-state index contributed by atoms with van der Waals surface area (Å²) in [5.74, 6) is -0.350. The lowest BCUT2D eigenvalue weighted by Gasteiger charge is -2.07. The third-order valence-electron chi connectivity index (χ3n) is 2.25. The van der Waals surface area contributed by atoms with Gasteiger partial charge in [-0.25, -0.2) is 0 Å². The molecule has 0 unspecified atom stereocenters. The molecule has 0 aromatic carbocycles. The Hall–Kier alpha value is -1.43. The van der Waals surface area contributed by atoms with Crippen molar-refractivity contribution in [3.8, 4) is 0 Å². The van der Waals surface area contributed by atoms with Gasteiger partial charge < -0.3 is 5.73 Å². The van der Waals surface area contributed by atoms with E-state index in [1.807, 2.05) is 17.4 Å². The topological polar surface area (TPSA) is 73.3 Å². The van der Waals surface area contributed by atoms with E-state index in [9.17, 15) is 4.79 Å². The summed E-state index contributed by atoms with van der Waals surface area (Å²) in [5.41, 5.74) is 7.71. The first-order chi connectivity index (χ1) is 7.09. The molecule has 0 aliphatic carbocycles. The monoisotopic (exact) mass is 268 g/mol. The standard InChI is InChI=1S/C9H9BrN4O/c1-5-6(3-8(11)15)2-7(10)9-13-12-4-14(5)9/h2,4H,3H2,1H3,(H2,11,15). The third kappa shape index (κ3) is 1.72. The average Bonchev–Trinajstić information content (AvgIpc) is 2.61. The number of hydrogen-bond donors (Lipinski definition) is 1. The van der Waals surface area contributed by atoms with Crippen LogP contribution in [0.2, 0.25) is 0 Å². The largest absolute Gasteiger partial charge is 0.369 e. The summed E-state index contributed by atoms with van der Waals surface area (Å²) in [4.78, 5) is 10.9. The molecule has 0 bridgehead atoms. The Kier molecular flexibility index (Phi) is 2.44. The SMILES string of the molecule is Cc1c(CC(N)=O)cc(Br)c2nncn12. The number of nitrogens with two attached hydrogens (primary N) is 1. The van der Waals surface area contributed by atoms with E-state index in [1.165, 1.54) is 0 Å². The molecular formula is C9H9BrN4O. The van der Waals surface area contributed by atoms with Crippen LogP contribution in [0.5, 0.6) is 0 Å². The minimum atomic E-state index is -0.350. The number of carbonyl (C=O) groups excluding carboxylic acids is 1. The van der Waals surface area contributed by atoms with Gasteiger partial charge >= 0.3 is 0 Å². The molecule has 1 amide bonds. The quantitative estimate of drug-likeness (QED) is 0.877. The molecule has 2 aromatic heterocycles. The first-order valence-electron chi connectivity index (χ1n) is 4.35. The van der Waals surface area contributed by atoms with Crippen LogP contribution in [0.25, 0.3) is 5.65 Å². The van der Waals surface area contributed by atoms with Crippen LogP contribution < -0.4 is 5.73 Å². The van der Waals surface area contributed by atoms with Crippen molar-refractivity contribution in [3.63, 3.8) is 0 Å². The fourth-order valence-corrected chi connectivity index (χ4v) is 2.03. The fourth-order valence-electron chi connectivity index (χ4n) is 1.49. The second-order valence-corrected chi connectivity index (χ2v) is 4.12. The van der Waals surface area contributed by atoms with Gasteiger partial charge in [0.15, 0.2) is 5.65 Å². The van der Waals surface area contributed by atoms with E-state index in [2.05, 4.69) is 26.1 Å². The van der Waals surface area contributed by atoms with Gasteiger partial charge in [-0.3, -0.25) is 9.20 Å². The van der Waals surface area contributed by atoms with Gasteiger partial charge in [0.2, 0.25) is 5.91 Å². The van der Waals surface area contributed by atoms with Gasteiger partial charge in [-0.1, -0.05) is 0 Å². The van der Waals surface area contributed by atoms with Crippen molar-refractivity contribution < 1.29 is 4.79 Å². The molecule has 2 N–H and O–H groups in total. The predicted molar refractivity (Wildman–Crippen MR) is 58.3 cm³/mol. The van der Waals surface area contributed by atoms with Crippen molar-refractivity contribution in [2.75, 3.05) is 0 Å². The van der Waals surface area contributed by atoms with Crippen LogP contribution in [0.4, 0.5) is 0 Å². The zero-order valence-electron chi connectivity index (χ0n) is 8.07. The van der Waals surface area contributed by atoms with E-state index in [0.717, 1.165) is 21.4 Å². The van der Waals surface area contributed by atoms with Gasteiger partial charge in [-0.2, -0.15) is 0 Å². The number of pyridine rings is 1. The van der Waals surface area contributed by atoms with Crippen LogP contribution in [0.1, 0.15) is 11.3 Å². The number of nitrogens with zero attached hydrogens (tertiary/aromatic N) is 3. The van der Waals surface area contributed by atoms with Gasteiger partial charge in [0, 0.05) is 5.69 Å². The lowest BCUT2D eigenvalue weighted by atomic mass is 10.1. The maximum Gasteiger partial charge on any atom is 0.221 e. The van der Waals surface area contributed by atoms with Crippen molar-refractivity contribution in [2.24, 2.45) is 5.73 Å². The van der Waals surface area contributed by atoms with Gasteiger partial charge in [-0.05, 0) is 34.5 Å². The highest BCUT2D eigenvalue weighted by atomic mass is 79.9. The van der Waals surface area contributed by atoms with Gasteiger partial charge in [-0.15, -0.1) is 10.2 Å². The normalized spacial score (nSPS) is 10.8. The van der Waals surface area contributed by atoms with E-state index in [0.29, 0.717) is 0 Å². The Morgan fingerprint density at radius 1 is 1.67 bits per heavy atom. The number of halogens is 1. The van der Waals surface area contributed by atoms with Crippen molar-refractivity contribution >= 4 is 27.5 Å². The number of rotatable bonds is 2. The molecule has 0 aliphatic heterocycles. The Balaban J connectivity index is 2.65. The fraction of sp³-hybridized carbons (Fsp3) is 0.222. The van der Waals surface area contributed by atoms with Crippen LogP contribution in [-0.2, 0) is 11.2 Å². The highest BCUT2D eigenvalue weighted by molar-refractivity contribution is 9.10. The molecule has 15 heavy (non-hydrogen) atoms. The summed E-state index contributed by atoms with van der Waals surface area (Å²) < 4.78 is 2.63. The second kappa shape index (κ2) is 3.62. The summed E-state index contributed by atoms with van der Waals surface area (Å²) in [5, 5.41) is 7.76. The van der Waals surface area contributed by atoms with Crippen molar-refractivity contribution in [2.45, 2.75) is 13.3 Å². The van der Waals surface area contributed by atoms with Crippen LogP contribution in [0.3, 0.4) is 0 Å². The molecule has 6 heteroatoms. The molecule has 78 valence electrons. The lowest BCUT2D eigenvalue weighted by Crippen LogP contribution is -2.15. The maximum atomic E-state index is 10.9. The Bertz CT molecular complexity index is 534. The van der Waals surface area contributed by atoms with Crippen molar-refractivity contribution in [3.05, 3.63) is 28.1 Å². The molecule has 0 aliphatic rings. The van der Waals surface area contributed by atoms with Crippen LogP contribution in [0, 0.1) is 6.92 Å². The molecule has 2 rings (SSSR count). The number of hydrogen-bond acceptors (Lipinski definition) is 3. The zero-order valence-corrected chi connectivity index (χ0v) is 9.65. The van der Waals surface area contributed by atoms with E-state index in [4.69, 9.17) is 5.73 Å². The Morgan fingerprint density at radius 2 is 2.40 bits per heavy atom. The van der Waals surface area contributed by atoms with Gasteiger partial charge in [0.25, 0.3) is 0 Å². The van der Waals surface area contributed by atoms with E-state index in [-0.39, 0.29) is 12.3 Å². The molecule has 0 atom stereocenters. The number of fused-ring (bicyclic) bond motifs is 1. The molecule has 5 nitrogen and oxygen atoms in total. The van der Waals surface area contributed by atoms with E-state index >= 15 is 0 Å². The summed E-state index contributed by atoms with van der Waals surface area (Å²) in [7, 11) is 0. The molecule has 0 spiro atoms. The van der Waals surface area contributed by atoms with Crippen LogP contribution in [0.15, 0.2) is 16.9 Å². The van der Waals surface area contributed by atoms with Crippen molar-refractivity contribution in [1.29, 1.82) is 0 Å². The molecule has 2 heterocycles. The number of carbonyl (C=O) groups is 1. The maximum absolute atomic E-state index is 10.9. The third-order valence-corrected chi connectivity index (χ3v) is 2.84. The zero-order chi connectivity index (χ0) is 11.0. The first kappa shape index (κ1) is 10.1. The molecule has 0 saturated carbocycles. The molecule has 2 aromatic rings. The van der Waals surface area contributed by atoms with Gasteiger partial charge in [0.1, 0.15) is 6.33 Å². The molecule has 0 fully saturated rings. The van der Waals surface area contributed by atoms with Gasteiger partial charge in [0.05, 0.1) is 10.9 Å². The Labute approximate surface area is 94.4 Å². The highest BCUT2D eigenvalue weighted by Crippen LogP contribution is 2.21. The summed E-state index contributed by atoms with van der Waals surface area (Å²) >= 11 is 3.38. The lowest BCUT2D eigenvalue weighted by molar-refractivity contribution is -0.117. The highest BCUT2D eigenvalue weighted by Gasteiger charge is 2.10. The summed E-state index contributed by atoms with van der Waals surface area (Å²) in [6.45, 7) is 1.90. The smallest absolute Gasteiger partial charge is 0.221 e. The number of amides is 1. The molecule has 0 radical (unpaired) electrons. The summed E-state index contributed by atoms with van der Waals surface area (Å²) in [6, 6.07) is 1.85. The van der Waals surface area contributed by atoms with E-state index < -0.39 is 0 Å². The minimum absolute atomic E-state index is 0.221. The minimum Gasteiger partial charge on any atom is -0.369 e. The van der Waals surface area contributed by atoms with E-state index in [1.54, 1.807) is 6.33 Å². The number of aromatic nitrogens is 3. The summed E-state index contributed by atoms with van der Waals surface area (Å²) in [6.07, 6.45) is 1.83. The van der Waals surface area contributed by atoms with Crippen molar-refractivity contribution in [1.82, 2.24) is 14.6 Å². The Morgan fingerprint density at radius 3 is 3.07 bits per heavy atom. The number of aryl methyl sites for hydroxylation is 1. The predicted octanol–water partition coefficient (Wildman–Crippen LogP) is 0.828. The van der Waals surface area contributed by atoms with Crippen LogP contribution in [-0.4, -0.2) is 20.5 Å². The first-order valence-corrected chi connectivity index (χ1v) is 5.15. The van der Waals surface area contributed by atoms with Crippen LogP contribution >= 0.6 is 15.9 Å². The average molecular weight is 269 g/mol. The number of primary amides is 1.